The molecule has 0 radical (unpaired) electrons. The van der Waals surface area contributed by atoms with E-state index in [0.717, 1.165) is 29.3 Å². The van der Waals surface area contributed by atoms with E-state index in [4.69, 9.17) is 9.98 Å². The Hall–Kier alpha value is -1.61. The van der Waals surface area contributed by atoms with Gasteiger partial charge in [0.25, 0.3) is 0 Å². The van der Waals surface area contributed by atoms with Gasteiger partial charge in [-0.15, -0.1) is 11.8 Å². The van der Waals surface area contributed by atoms with Crippen LogP contribution < -0.4 is 0 Å². The summed E-state index contributed by atoms with van der Waals surface area (Å²) in [5.41, 5.74) is 3.07. The molecule has 23 heavy (non-hydrogen) atoms. The monoisotopic (exact) mass is 326 g/mol. The van der Waals surface area contributed by atoms with Crippen LogP contribution in [0, 0.1) is 5.92 Å². The molecule has 0 N–H and O–H groups in total. The van der Waals surface area contributed by atoms with Gasteiger partial charge in [0.2, 0.25) is 0 Å². The van der Waals surface area contributed by atoms with Gasteiger partial charge in [0.1, 0.15) is 0 Å². The average Bonchev–Trinajstić information content (AvgIpc) is 2.50. The largest absolute Gasteiger partial charge is 0.281 e. The highest BCUT2D eigenvalue weighted by atomic mass is 32.2. The molecule has 0 bridgehead atoms. The first-order chi connectivity index (χ1) is 11.1. The number of aliphatic imine (C=N–C) groups is 2. The van der Waals surface area contributed by atoms with Crippen LogP contribution in [0.4, 0.5) is 5.69 Å². The Morgan fingerprint density at radius 2 is 1.78 bits per heavy atom. The summed E-state index contributed by atoms with van der Waals surface area (Å²) < 4.78 is 0. The van der Waals surface area contributed by atoms with Crippen LogP contribution >= 0.6 is 11.8 Å². The van der Waals surface area contributed by atoms with Gasteiger partial charge in [0.15, 0.2) is 0 Å². The number of nitrogens with zero attached hydrogens (tertiary/aromatic N) is 2. The molecule has 1 aliphatic carbocycles. The molecule has 1 atom stereocenters. The summed E-state index contributed by atoms with van der Waals surface area (Å²) in [7, 11) is 0. The van der Waals surface area contributed by atoms with E-state index in [9.17, 15) is 0 Å². The van der Waals surface area contributed by atoms with Crippen LogP contribution in [0.3, 0.4) is 0 Å². The molecule has 0 spiro atoms. The number of hydrogen-bond acceptors (Lipinski definition) is 3. The van der Waals surface area contributed by atoms with Gasteiger partial charge in [-0.05, 0) is 55.4 Å². The summed E-state index contributed by atoms with van der Waals surface area (Å²) >= 11 is 1.83. The lowest BCUT2D eigenvalue weighted by atomic mass is 10.1. The predicted molar refractivity (Wildman–Crippen MR) is 105 cm³/mol. The minimum atomic E-state index is 0.350. The van der Waals surface area contributed by atoms with Crippen LogP contribution in [0.5, 0.6) is 0 Å². The zero-order valence-corrected chi connectivity index (χ0v) is 15.3. The van der Waals surface area contributed by atoms with E-state index < -0.39 is 0 Å². The second-order valence-corrected chi connectivity index (χ2v) is 7.45. The summed E-state index contributed by atoms with van der Waals surface area (Å²) in [5, 5.41) is 0. The predicted octanol–water partition coefficient (Wildman–Crippen LogP) is 5.84. The van der Waals surface area contributed by atoms with Gasteiger partial charge in [0.05, 0.1) is 17.1 Å². The standard InChI is InChI=1S/C20H26N2S/c1-5-23-20-14-18(22-17-9-7-6-8-10-17)11-12-19(20)21-16(4)13-15(2)3/h6-12,14-16H,5,13H2,1-4H3. The van der Waals surface area contributed by atoms with Crippen molar-refractivity contribution >= 4 is 28.9 Å². The number of hydrogen-bond donors (Lipinski definition) is 0. The lowest BCUT2D eigenvalue weighted by Crippen LogP contribution is -2.11. The first-order valence-electron chi connectivity index (χ1n) is 8.33. The molecule has 1 aromatic carbocycles. The molecule has 0 saturated carbocycles. The van der Waals surface area contributed by atoms with Crippen LogP contribution in [-0.2, 0) is 0 Å². The minimum Gasteiger partial charge on any atom is -0.281 e. The lowest BCUT2D eigenvalue weighted by Gasteiger charge is -2.15. The maximum absolute atomic E-state index is 4.90. The van der Waals surface area contributed by atoms with Crippen LogP contribution in [0.1, 0.15) is 34.1 Å². The van der Waals surface area contributed by atoms with Gasteiger partial charge in [0, 0.05) is 10.9 Å². The highest BCUT2D eigenvalue weighted by Crippen LogP contribution is 2.24. The quantitative estimate of drug-likeness (QED) is 0.603. The Bertz CT molecular complexity index is 624. The summed E-state index contributed by atoms with van der Waals surface area (Å²) in [6.45, 7) is 8.86. The number of allylic oxidation sites excluding steroid dienone is 4. The van der Waals surface area contributed by atoms with Crippen LogP contribution in [0.15, 0.2) is 63.4 Å². The molecule has 122 valence electrons. The highest BCUT2D eigenvalue weighted by Gasteiger charge is 2.13. The fraction of sp³-hybridized carbons (Fsp3) is 0.400. The molecule has 0 aromatic heterocycles. The molecular formula is C20H26N2S. The fourth-order valence-electron chi connectivity index (χ4n) is 2.57. The molecule has 0 saturated heterocycles. The van der Waals surface area contributed by atoms with Crippen molar-refractivity contribution in [3.63, 3.8) is 0 Å². The van der Waals surface area contributed by atoms with Gasteiger partial charge in [-0.25, -0.2) is 4.99 Å². The van der Waals surface area contributed by atoms with Gasteiger partial charge >= 0.3 is 0 Å². The SMILES string of the molecule is CCSC1=CC(=Nc2ccccc2)C=CC1=NC(C)CC(C)C. The highest BCUT2D eigenvalue weighted by molar-refractivity contribution is 8.04. The molecule has 1 aliphatic rings. The van der Waals surface area contributed by atoms with E-state index in [0.29, 0.717) is 12.0 Å². The van der Waals surface area contributed by atoms with E-state index in [-0.39, 0.29) is 0 Å². The van der Waals surface area contributed by atoms with Crippen LogP contribution in [0.25, 0.3) is 0 Å². The average molecular weight is 327 g/mol. The van der Waals surface area contributed by atoms with E-state index in [2.05, 4.69) is 45.9 Å². The van der Waals surface area contributed by atoms with Gasteiger partial charge in [-0.2, -0.15) is 0 Å². The molecule has 0 heterocycles. The van der Waals surface area contributed by atoms with Gasteiger partial charge in [-0.1, -0.05) is 39.0 Å². The van der Waals surface area contributed by atoms with E-state index >= 15 is 0 Å². The van der Waals surface area contributed by atoms with Crippen molar-refractivity contribution in [2.24, 2.45) is 15.9 Å². The number of rotatable bonds is 6. The van der Waals surface area contributed by atoms with E-state index in [1.807, 2.05) is 42.1 Å². The van der Waals surface area contributed by atoms with Crippen molar-refractivity contribution in [1.29, 1.82) is 0 Å². The maximum atomic E-state index is 4.90. The Morgan fingerprint density at radius 1 is 1.04 bits per heavy atom. The normalized spacial score (nSPS) is 19.4. The Labute approximate surface area is 144 Å². The van der Waals surface area contributed by atoms with E-state index in [1.165, 1.54) is 4.91 Å². The third-order valence-electron chi connectivity index (χ3n) is 3.43. The Kier molecular flexibility index (Phi) is 6.85. The van der Waals surface area contributed by atoms with E-state index in [1.54, 1.807) is 0 Å². The maximum Gasteiger partial charge on any atom is 0.0714 e. The van der Waals surface area contributed by atoms with Crippen molar-refractivity contribution in [3.8, 4) is 0 Å². The third kappa shape index (κ3) is 5.83. The minimum absolute atomic E-state index is 0.350. The number of benzene rings is 1. The third-order valence-corrected chi connectivity index (χ3v) is 4.36. The second kappa shape index (κ2) is 8.88. The van der Waals surface area contributed by atoms with Gasteiger partial charge in [-0.3, -0.25) is 4.99 Å². The summed E-state index contributed by atoms with van der Waals surface area (Å²) in [4.78, 5) is 10.8. The molecular weight excluding hydrogens is 300 g/mol. The molecule has 2 rings (SSSR count). The smallest absolute Gasteiger partial charge is 0.0714 e. The van der Waals surface area contributed by atoms with Crippen LogP contribution in [0.2, 0.25) is 0 Å². The van der Waals surface area contributed by atoms with Crippen molar-refractivity contribution < 1.29 is 0 Å². The Morgan fingerprint density at radius 3 is 2.43 bits per heavy atom. The van der Waals surface area contributed by atoms with Crippen molar-refractivity contribution in [1.82, 2.24) is 0 Å². The summed E-state index contributed by atoms with van der Waals surface area (Å²) in [6.07, 6.45) is 7.44. The van der Waals surface area contributed by atoms with Crippen molar-refractivity contribution in [3.05, 3.63) is 53.5 Å². The molecule has 1 unspecified atom stereocenters. The molecule has 3 heteroatoms. The number of para-hydroxylation sites is 1. The summed E-state index contributed by atoms with van der Waals surface area (Å²) in [6, 6.07) is 10.4. The summed E-state index contributed by atoms with van der Waals surface area (Å²) in [5.74, 6) is 1.71. The zero-order valence-electron chi connectivity index (χ0n) is 14.5. The number of thioether (sulfide) groups is 1. The molecule has 0 fully saturated rings. The van der Waals surface area contributed by atoms with Crippen molar-refractivity contribution in [2.45, 2.75) is 40.2 Å². The zero-order chi connectivity index (χ0) is 16.7. The first-order valence-corrected chi connectivity index (χ1v) is 9.31. The molecule has 0 aliphatic heterocycles. The molecule has 1 aromatic rings. The van der Waals surface area contributed by atoms with Crippen molar-refractivity contribution in [2.75, 3.05) is 5.75 Å². The Balaban J connectivity index is 2.22. The lowest BCUT2D eigenvalue weighted by molar-refractivity contribution is 0.522. The molecule has 0 amide bonds. The fourth-order valence-corrected chi connectivity index (χ4v) is 3.36. The molecule has 2 nitrogen and oxygen atoms in total. The van der Waals surface area contributed by atoms with Crippen LogP contribution in [-0.4, -0.2) is 23.2 Å². The topological polar surface area (TPSA) is 24.7 Å². The van der Waals surface area contributed by atoms with Gasteiger partial charge < -0.3 is 0 Å². The first kappa shape index (κ1) is 17.7. The second-order valence-electron chi connectivity index (χ2n) is 6.14.